The van der Waals surface area contributed by atoms with Crippen LogP contribution in [0.5, 0.6) is 0 Å². The van der Waals surface area contributed by atoms with E-state index >= 15 is 0 Å². The van der Waals surface area contributed by atoms with Crippen LogP contribution in [0.3, 0.4) is 0 Å². The summed E-state index contributed by atoms with van der Waals surface area (Å²) >= 11 is 6.21. The molecule has 122 valence electrons. The number of amides is 3. The van der Waals surface area contributed by atoms with Gasteiger partial charge in [0.1, 0.15) is 0 Å². The second-order valence-corrected chi connectivity index (χ2v) is 7.14. The van der Waals surface area contributed by atoms with Gasteiger partial charge >= 0.3 is 6.03 Å². The van der Waals surface area contributed by atoms with Crippen molar-refractivity contribution in [1.29, 1.82) is 0 Å². The van der Waals surface area contributed by atoms with Gasteiger partial charge in [-0.05, 0) is 42.9 Å². The summed E-state index contributed by atoms with van der Waals surface area (Å²) in [6.45, 7) is 1.19. The number of halogens is 1. The van der Waals surface area contributed by atoms with Crippen molar-refractivity contribution in [3.8, 4) is 0 Å². The predicted molar refractivity (Wildman–Crippen MR) is 87.3 cm³/mol. The largest absolute Gasteiger partial charge is 0.350 e. The Kier molecular flexibility index (Phi) is 3.68. The summed E-state index contributed by atoms with van der Waals surface area (Å²) in [5.74, 6) is 0.368. The van der Waals surface area contributed by atoms with Gasteiger partial charge in [-0.3, -0.25) is 4.79 Å². The fourth-order valence-electron chi connectivity index (χ4n) is 3.40. The maximum Gasteiger partial charge on any atom is 0.318 e. The molecule has 6 heteroatoms. The molecular formula is C17H20ClN3O2. The molecule has 4 rings (SSSR count). The second-order valence-electron chi connectivity index (χ2n) is 6.73. The number of likely N-dealkylation sites (tertiary alicyclic amines) is 1. The highest BCUT2D eigenvalue weighted by Crippen LogP contribution is 2.35. The zero-order chi connectivity index (χ0) is 16.0. The number of carbonyl (C=O) groups excluding carboxylic acids is 2. The quantitative estimate of drug-likeness (QED) is 0.891. The van der Waals surface area contributed by atoms with Crippen LogP contribution < -0.4 is 10.6 Å². The van der Waals surface area contributed by atoms with E-state index in [1.807, 2.05) is 18.2 Å². The zero-order valence-corrected chi connectivity index (χ0v) is 13.6. The smallest absolute Gasteiger partial charge is 0.318 e. The first kappa shape index (κ1) is 14.8. The van der Waals surface area contributed by atoms with Crippen LogP contribution in [0.2, 0.25) is 5.02 Å². The van der Waals surface area contributed by atoms with Crippen LogP contribution in [-0.2, 0) is 11.2 Å². The van der Waals surface area contributed by atoms with E-state index in [0.717, 1.165) is 41.8 Å². The first-order chi connectivity index (χ1) is 11.1. The van der Waals surface area contributed by atoms with Gasteiger partial charge in [-0.15, -0.1) is 0 Å². The molecule has 2 N–H and O–H groups in total. The van der Waals surface area contributed by atoms with Crippen molar-refractivity contribution in [2.75, 3.05) is 13.1 Å². The standard InChI is InChI=1S/C17H20ClN3O2/c18-14-3-1-2-13-12(14)6-7-15(13)20-17(23)21-8-11(9-21)19-16(22)10-4-5-10/h1-3,10-11,15H,4-9H2,(H,19,22)(H,20,23). The third kappa shape index (κ3) is 2.90. The zero-order valence-electron chi connectivity index (χ0n) is 12.8. The molecular weight excluding hydrogens is 314 g/mol. The van der Waals surface area contributed by atoms with E-state index in [0.29, 0.717) is 13.1 Å². The topological polar surface area (TPSA) is 61.4 Å². The SMILES string of the molecule is O=C(NC1CN(C(=O)NC2CCc3c(Cl)cccc32)C1)C1CC1. The van der Waals surface area contributed by atoms with Gasteiger partial charge in [0, 0.05) is 24.0 Å². The second kappa shape index (κ2) is 5.71. The third-order valence-corrected chi connectivity index (χ3v) is 5.33. The van der Waals surface area contributed by atoms with Crippen molar-refractivity contribution in [3.05, 3.63) is 34.3 Å². The normalized spacial score (nSPS) is 23.2. The van der Waals surface area contributed by atoms with Crippen molar-refractivity contribution in [2.24, 2.45) is 5.92 Å². The van der Waals surface area contributed by atoms with Crippen LogP contribution in [0.1, 0.15) is 36.4 Å². The molecule has 1 aromatic carbocycles. The van der Waals surface area contributed by atoms with Crippen molar-refractivity contribution in [3.63, 3.8) is 0 Å². The lowest BCUT2D eigenvalue weighted by Gasteiger charge is -2.40. The summed E-state index contributed by atoms with van der Waals surface area (Å²) in [7, 11) is 0. The Morgan fingerprint density at radius 3 is 2.65 bits per heavy atom. The summed E-state index contributed by atoms with van der Waals surface area (Å²) in [5.41, 5.74) is 2.28. The van der Waals surface area contributed by atoms with Crippen molar-refractivity contribution < 1.29 is 9.59 Å². The molecule has 23 heavy (non-hydrogen) atoms. The fraction of sp³-hybridized carbons (Fsp3) is 0.529. The van der Waals surface area contributed by atoms with Gasteiger partial charge in [-0.1, -0.05) is 23.7 Å². The predicted octanol–water partition coefficient (Wildman–Crippen LogP) is 2.25. The number of rotatable bonds is 3. The summed E-state index contributed by atoms with van der Waals surface area (Å²) < 4.78 is 0. The Balaban J connectivity index is 1.29. The van der Waals surface area contributed by atoms with Gasteiger partial charge in [-0.25, -0.2) is 4.79 Å². The van der Waals surface area contributed by atoms with Crippen molar-refractivity contribution in [2.45, 2.75) is 37.8 Å². The lowest BCUT2D eigenvalue weighted by molar-refractivity contribution is -0.123. The lowest BCUT2D eigenvalue weighted by atomic mass is 10.1. The number of fused-ring (bicyclic) bond motifs is 1. The Labute approximate surface area is 140 Å². The minimum Gasteiger partial charge on any atom is -0.350 e. The Morgan fingerprint density at radius 1 is 1.13 bits per heavy atom. The minimum absolute atomic E-state index is 0.0382. The van der Waals surface area contributed by atoms with E-state index in [1.54, 1.807) is 4.90 Å². The third-order valence-electron chi connectivity index (χ3n) is 4.97. The fourth-order valence-corrected chi connectivity index (χ4v) is 3.68. The van der Waals surface area contributed by atoms with Gasteiger partial charge in [0.25, 0.3) is 0 Å². The molecule has 2 fully saturated rings. The molecule has 0 radical (unpaired) electrons. The van der Waals surface area contributed by atoms with Gasteiger partial charge in [-0.2, -0.15) is 0 Å². The highest BCUT2D eigenvalue weighted by Gasteiger charge is 2.37. The summed E-state index contributed by atoms with van der Waals surface area (Å²) in [5, 5.41) is 6.87. The molecule has 0 spiro atoms. The number of urea groups is 1. The highest BCUT2D eigenvalue weighted by molar-refractivity contribution is 6.31. The van der Waals surface area contributed by atoms with Crippen molar-refractivity contribution >= 4 is 23.5 Å². The molecule has 1 saturated carbocycles. The lowest BCUT2D eigenvalue weighted by Crippen LogP contribution is -2.63. The first-order valence-electron chi connectivity index (χ1n) is 8.25. The molecule has 0 aromatic heterocycles. The van der Waals surface area contributed by atoms with E-state index in [1.165, 1.54) is 0 Å². The number of hydrogen-bond acceptors (Lipinski definition) is 2. The first-order valence-corrected chi connectivity index (χ1v) is 8.62. The van der Waals surface area contributed by atoms with E-state index in [9.17, 15) is 9.59 Å². The van der Waals surface area contributed by atoms with Crippen LogP contribution in [0.25, 0.3) is 0 Å². The molecule has 0 bridgehead atoms. The molecule has 3 amide bonds. The molecule has 1 unspecified atom stereocenters. The van der Waals surface area contributed by atoms with Crippen LogP contribution >= 0.6 is 11.6 Å². The molecule has 1 saturated heterocycles. The van der Waals surface area contributed by atoms with E-state index in [2.05, 4.69) is 10.6 Å². The van der Waals surface area contributed by atoms with Gasteiger partial charge in [0.05, 0.1) is 12.1 Å². The molecule has 3 aliphatic rings. The van der Waals surface area contributed by atoms with E-state index < -0.39 is 0 Å². The maximum absolute atomic E-state index is 12.3. The van der Waals surface area contributed by atoms with Crippen LogP contribution in [0.15, 0.2) is 18.2 Å². The Hall–Kier alpha value is -1.75. The monoisotopic (exact) mass is 333 g/mol. The maximum atomic E-state index is 12.3. The van der Waals surface area contributed by atoms with Crippen LogP contribution in [-0.4, -0.2) is 36.0 Å². The van der Waals surface area contributed by atoms with E-state index in [4.69, 9.17) is 11.6 Å². The molecule has 2 aliphatic carbocycles. The van der Waals surface area contributed by atoms with E-state index in [-0.39, 0.29) is 29.9 Å². The Bertz CT molecular complexity index is 653. The molecule has 1 atom stereocenters. The van der Waals surface area contributed by atoms with Crippen molar-refractivity contribution in [1.82, 2.24) is 15.5 Å². The average Bonchev–Trinajstić information content (AvgIpc) is 3.26. The van der Waals surface area contributed by atoms with Crippen LogP contribution in [0, 0.1) is 5.92 Å². The number of hydrogen-bond donors (Lipinski definition) is 2. The van der Waals surface area contributed by atoms with Crippen LogP contribution in [0.4, 0.5) is 4.79 Å². The Morgan fingerprint density at radius 2 is 1.91 bits per heavy atom. The van der Waals surface area contributed by atoms with Gasteiger partial charge in [0.2, 0.25) is 5.91 Å². The summed E-state index contributed by atoms with van der Waals surface area (Å²) in [6.07, 6.45) is 3.80. The molecule has 1 aliphatic heterocycles. The molecule has 1 aromatic rings. The highest BCUT2D eigenvalue weighted by atomic mass is 35.5. The number of carbonyl (C=O) groups is 2. The number of benzene rings is 1. The average molecular weight is 334 g/mol. The number of nitrogens with zero attached hydrogens (tertiary/aromatic N) is 1. The summed E-state index contributed by atoms with van der Waals surface area (Å²) in [6, 6.07) is 5.95. The molecule has 5 nitrogen and oxygen atoms in total. The number of nitrogens with one attached hydrogen (secondary N) is 2. The minimum atomic E-state index is -0.0558. The van der Waals surface area contributed by atoms with Gasteiger partial charge < -0.3 is 15.5 Å². The van der Waals surface area contributed by atoms with Gasteiger partial charge in [0.15, 0.2) is 0 Å². The summed E-state index contributed by atoms with van der Waals surface area (Å²) in [4.78, 5) is 25.8. The molecule has 1 heterocycles.